The Hall–Kier alpha value is -8.13. The third-order valence-electron chi connectivity index (χ3n) is 18.2. The van der Waals surface area contributed by atoms with E-state index < -0.39 is 101 Å². The molecule has 0 aromatic heterocycles. The highest BCUT2D eigenvalue weighted by Crippen LogP contribution is 2.45. The van der Waals surface area contributed by atoms with Gasteiger partial charge in [0.25, 0.3) is 5.91 Å². The van der Waals surface area contributed by atoms with Gasteiger partial charge in [-0.1, -0.05) is 43.3 Å². The molecule has 0 spiro atoms. The molecule has 4 aromatic rings. The Labute approximate surface area is 534 Å². The zero-order chi connectivity index (χ0) is 66.3. The highest BCUT2D eigenvalue weighted by Gasteiger charge is 2.46. The smallest absolute Gasteiger partial charge is 0.410 e. The number of para-hydroxylation sites is 1. The van der Waals surface area contributed by atoms with Crippen LogP contribution in [0, 0.1) is 23.4 Å². The number of anilines is 3. The SMILES string of the molecule is C[C@@H]1COCCN1C[C@H]1CN(C(=O)O)[C@H](C)CN1CC(=O)N1CC(C)(CCCNC(=O)CC(=O)Nc2ccc3c(c2)[C@@H](C(=O)Nc2c(F)cccc2F)N(C(=O)[C@@H](NC(=O)[C@H](C)N(C)C(=O)OC(C)(C)C)C2CCOCC2)C3)c2ccc(Cc3ccc(F)cc3)cc21. The average molecular weight is 1280 g/mol. The second kappa shape index (κ2) is 29.2. The molecule has 5 aliphatic rings. The lowest BCUT2D eigenvalue weighted by molar-refractivity contribution is -0.144. The fourth-order valence-corrected chi connectivity index (χ4v) is 13.0. The largest absolute Gasteiger partial charge is 0.465 e. The van der Waals surface area contributed by atoms with Gasteiger partial charge in [0.05, 0.1) is 19.8 Å². The minimum atomic E-state index is -1.55. The summed E-state index contributed by atoms with van der Waals surface area (Å²) >= 11 is 0. The highest BCUT2D eigenvalue weighted by molar-refractivity contribution is 6.04. The van der Waals surface area contributed by atoms with Gasteiger partial charge < -0.3 is 55.3 Å². The molecule has 7 atom stereocenters. The van der Waals surface area contributed by atoms with Crippen LogP contribution >= 0.6 is 0 Å². The number of benzene rings is 4. The van der Waals surface area contributed by atoms with E-state index in [0.717, 1.165) is 45.5 Å². The van der Waals surface area contributed by atoms with Crippen LogP contribution in [-0.2, 0) is 61.4 Å². The van der Waals surface area contributed by atoms with E-state index in [9.17, 15) is 43.1 Å². The van der Waals surface area contributed by atoms with Crippen molar-refractivity contribution in [3.63, 3.8) is 0 Å². The summed E-state index contributed by atoms with van der Waals surface area (Å²) in [4.78, 5) is 121. The predicted molar refractivity (Wildman–Crippen MR) is 336 cm³/mol. The van der Waals surface area contributed by atoms with Gasteiger partial charge in [-0.15, -0.1) is 0 Å². The Balaban J connectivity index is 0.870. The number of hydrogen-bond acceptors (Lipinski definition) is 13. The van der Waals surface area contributed by atoms with E-state index in [-0.39, 0.29) is 80.5 Å². The first-order valence-electron chi connectivity index (χ1n) is 31.5. The number of carbonyl (C=O) groups excluding carboxylic acids is 7. The molecule has 22 nitrogen and oxygen atoms in total. The molecule has 3 fully saturated rings. The molecule has 496 valence electrons. The van der Waals surface area contributed by atoms with Gasteiger partial charge in [-0.05, 0) is 150 Å². The first-order valence-corrected chi connectivity index (χ1v) is 31.5. The van der Waals surface area contributed by atoms with Crippen molar-refractivity contribution in [3.8, 4) is 0 Å². The summed E-state index contributed by atoms with van der Waals surface area (Å²) in [5.41, 5.74) is 2.08. The molecule has 0 saturated carbocycles. The van der Waals surface area contributed by atoms with E-state index in [1.807, 2.05) is 30.0 Å². The lowest BCUT2D eigenvalue weighted by atomic mass is 9.80. The van der Waals surface area contributed by atoms with Gasteiger partial charge in [-0.25, -0.2) is 22.8 Å². The molecule has 5 N–H and O–H groups in total. The first kappa shape index (κ1) is 68.2. The summed E-state index contributed by atoms with van der Waals surface area (Å²) < 4.78 is 60.9. The molecular weight excluding hydrogens is 1190 g/mol. The molecule has 8 amide bonds. The zero-order valence-electron chi connectivity index (χ0n) is 53.5. The third-order valence-corrected chi connectivity index (χ3v) is 18.2. The molecule has 4 aromatic carbocycles. The van der Waals surface area contributed by atoms with Gasteiger partial charge in [0.15, 0.2) is 0 Å². The average Bonchev–Trinajstić information content (AvgIpc) is 1.60. The number of halogens is 3. The standard InChI is InChI=1S/C67H85F3N10O12/c1-40-33-77(49(36-78(40)64(87)88)35-76-25-28-91-38-41(76)2)37-57(83)80-39-67(7,51-20-15-44(30-54(51)80)29-43-13-17-47(68)18-14-43)23-10-24-71-55(81)32-56(82)72-48-19-16-46-34-79(60(50(46)31-48)62(85)74-59-52(69)11-9-12-53(59)70)63(86)58(45-21-26-90-27-22-45)73-61(84)42(3)75(8)65(89)92-66(4,5)6/h9,11-20,30-31,40-42,45,49,58,60H,10,21-29,32-39H2,1-8H3,(H,71,81)(H,72,82)(H,73,84)(H,74,85)(H,87,88)/t40-,41-,42+,49+,58+,60+,67?/m1/s1. The summed E-state index contributed by atoms with van der Waals surface area (Å²) in [6.07, 6.45) is -0.212. The van der Waals surface area contributed by atoms with E-state index in [0.29, 0.717) is 77.1 Å². The maximum atomic E-state index is 15.1. The van der Waals surface area contributed by atoms with Gasteiger partial charge in [0.1, 0.15) is 53.3 Å². The zero-order valence-corrected chi connectivity index (χ0v) is 53.5. The fourth-order valence-electron chi connectivity index (χ4n) is 13.0. The van der Waals surface area contributed by atoms with E-state index in [1.165, 1.54) is 48.0 Å². The van der Waals surface area contributed by atoms with Crippen LogP contribution in [0.15, 0.2) is 78.9 Å². The van der Waals surface area contributed by atoms with E-state index in [4.69, 9.17) is 14.2 Å². The molecular formula is C67H85F3N10O12. The van der Waals surface area contributed by atoms with Crippen molar-refractivity contribution in [2.45, 2.75) is 141 Å². The number of hydrogen-bond donors (Lipinski definition) is 5. The van der Waals surface area contributed by atoms with Gasteiger partial charge >= 0.3 is 12.2 Å². The Bertz CT molecular complexity index is 3380. The number of morpholine rings is 1. The predicted octanol–water partition coefficient (Wildman–Crippen LogP) is 7.19. The molecule has 1 unspecified atom stereocenters. The van der Waals surface area contributed by atoms with Crippen molar-refractivity contribution in [2.24, 2.45) is 5.92 Å². The van der Waals surface area contributed by atoms with E-state index >= 15 is 13.6 Å². The molecule has 25 heteroatoms. The maximum Gasteiger partial charge on any atom is 0.410 e. The Morgan fingerprint density at radius 2 is 1.53 bits per heavy atom. The van der Waals surface area contributed by atoms with Crippen molar-refractivity contribution in [3.05, 3.63) is 124 Å². The number of piperazine rings is 1. The normalized spacial score (nSPS) is 21.8. The van der Waals surface area contributed by atoms with Gasteiger partial charge in [0, 0.05) is 101 Å². The number of nitrogens with one attached hydrogen (secondary N) is 4. The number of amides is 8. The summed E-state index contributed by atoms with van der Waals surface area (Å²) in [7, 11) is 1.39. The van der Waals surface area contributed by atoms with Crippen LogP contribution in [0.2, 0.25) is 0 Å². The fraction of sp³-hybridized carbons (Fsp3) is 0.522. The third kappa shape index (κ3) is 16.4. The summed E-state index contributed by atoms with van der Waals surface area (Å²) in [6, 6.07) is 15.5. The van der Waals surface area contributed by atoms with Crippen LogP contribution in [0.25, 0.3) is 0 Å². The second-order valence-electron chi connectivity index (χ2n) is 26.2. The molecule has 5 heterocycles. The Morgan fingerprint density at radius 3 is 2.22 bits per heavy atom. The number of carbonyl (C=O) groups is 8. The molecule has 92 heavy (non-hydrogen) atoms. The lowest BCUT2D eigenvalue weighted by Crippen LogP contribution is -2.64. The van der Waals surface area contributed by atoms with Crippen molar-refractivity contribution in [1.82, 2.24) is 35.1 Å². The molecule has 9 rings (SSSR count). The van der Waals surface area contributed by atoms with E-state index in [2.05, 4.69) is 44.9 Å². The maximum absolute atomic E-state index is 15.1. The van der Waals surface area contributed by atoms with Crippen LogP contribution in [0.4, 0.5) is 39.8 Å². The summed E-state index contributed by atoms with van der Waals surface area (Å²) in [5.74, 6) is -6.80. The topological polar surface area (TPSA) is 252 Å². The monoisotopic (exact) mass is 1280 g/mol. The van der Waals surface area contributed by atoms with Crippen molar-refractivity contribution in [1.29, 1.82) is 0 Å². The Kier molecular flexibility index (Phi) is 21.7. The van der Waals surface area contributed by atoms with Crippen LogP contribution in [0.5, 0.6) is 0 Å². The number of rotatable bonds is 20. The van der Waals surface area contributed by atoms with Gasteiger partial charge in [0.2, 0.25) is 29.5 Å². The van der Waals surface area contributed by atoms with Gasteiger partial charge in [-0.2, -0.15) is 0 Å². The highest BCUT2D eigenvalue weighted by atomic mass is 19.1. The van der Waals surface area contributed by atoms with Crippen LogP contribution in [-0.4, -0.2) is 192 Å². The number of ether oxygens (including phenoxy) is 3. The minimum absolute atomic E-state index is 0.0458. The lowest BCUT2D eigenvalue weighted by Gasteiger charge is -2.47. The van der Waals surface area contributed by atoms with Crippen LogP contribution in [0.1, 0.15) is 114 Å². The number of likely N-dealkylation sites (N-methyl/N-ethyl adjacent to an activating group) is 1. The van der Waals surface area contributed by atoms with Crippen molar-refractivity contribution < 1.29 is 70.8 Å². The number of nitrogens with zero attached hydrogens (tertiary/aromatic N) is 6. The second-order valence-corrected chi connectivity index (χ2v) is 26.2. The number of fused-ring (bicyclic) bond motifs is 2. The van der Waals surface area contributed by atoms with Crippen LogP contribution in [0.3, 0.4) is 0 Å². The molecule has 5 aliphatic heterocycles. The first-order chi connectivity index (χ1) is 43.7. The summed E-state index contributed by atoms with van der Waals surface area (Å²) in [5, 5.41) is 20.9. The molecule has 0 aliphatic carbocycles. The van der Waals surface area contributed by atoms with Crippen LogP contribution < -0.4 is 26.2 Å². The molecule has 3 saturated heterocycles. The van der Waals surface area contributed by atoms with Crippen molar-refractivity contribution in [2.75, 3.05) is 94.8 Å². The quantitative estimate of drug-likeness (QED) is 0.0434. The number of carboxylic acid groups (broad SMARTS) is 1. The Morgan fingerprint density at radius 1 is 0.826 bits per heavy atom. The minimum Gasteiger partial charge on any atom is -0.465 e. The van der Waals surface area contributed by atoms with E-state index in [1.54, 1.807) is 39.0 Å². The molecule has 0 bridgehead atoms. The van der Waals surface area contributed by atoms with Gasteiger partial charge in [-0.3, -0.25) is 43.5 Å². The summed E-state index contributed by atoms with van der Waals surface area (Å²) in [6.45, 7) is 16.4. The molecule has 0 radical (unpaired) electrons. The van der Waals surface area contributed by atoms with Crippen molar-refractivity contribution >= 4 is 64.7 Å².